The summed E-state index contributed by atoms with van der Waals surface area (Å²) in [7, 11) is 1.63. The summed E-state index contributed by atoms with van der Waals surface area (Å²) in [6.45, 7) is 1.27. The van der Waals surface area contributed by atoms with Gasteiger partial charge in [0.2, 0.25) is 0 Å². The second-order valence-electron chi connectivity index (χ2n) is 5.79. The van der Waals surface area contributed by atoms with Gasteiger partial charge in [0.25, 0.3) is 5.91 Å². The van der Waals surface area contributed by atoms with Gasteiger partial charge in [-0.1, -0.05) is 0 Å². The number of piperidine rings is 1. The molecular formula is C19H20FNO3. The fourth-order valence-corrected chi connectivity index (χ4v) is 2.80. The maximum atomic E-state index is 12.9. The molecule has 0 spiro atoms. The van der Waals surface area contributed by atoms with E-state index in [0.717, 1.165) is 24.3 Å². The van der Waals surface area contributed by atoms with Gasteiger partial charge in [0.15, 0.2) is 0 Å². The molecule has 2 aromatic rings. The van der Waals surface area contributed by atoms with Crippen molar-refractivity contribution in [3.05, 3.63) is 59.9 Å². The number of amides is 1. The molecule has 0 aromatic heterocycles. The monoisotopic (exact) mass is 329 g/mol. The maximum Gasteiger partial charge on any atom is 0.253 e. The standard InChI is InChI=1S/C19H20FNO3/c1-23-16-6-8-17(9-7-16)24-18-10-12-21(13-11-18)19(22)14-2-4-15(20)5-3-14/h2-9,18H,10-13H2,1H3. The summed E-state index contributed by atoms with van der Waals surface area (Å²) in [5, 5.41) is 0. The van der Waals surface area contributed by atoms with Crippen LogP contribution in [-0.4, -0.2) is 37.1 Å². The number of hydrogen-bond donors (Lipinski definition) is 0. The van der Waals surface area contributed by atoms with Crippen LogP contribution in [0, 0.1) is 5.82 Å². The molecule has 3 rings (SSSR count). The third-order valence-corrected chi connectivity index (χ3v) is 4.18. The molecule has 2 aromatic carbocycles. The summed E-state index contributed by atoms with van der Waals surface area (Å²) >= 11 is 0. The number of methoxy groups -OCH3 is 1. The molecule has 0 N–H and O–H groups in total. The van der Waals surface area contributed by atoms with Crippen LogP contribution in [0.3, 0.4) is 0 Å². The number of halogens is 1. The molecule has 5 heteroatoms. The predicted molar refractivity (Wildman–Crippen MR) is 88.9 cm³/mol. The summed E-state index contributed by atoms with van der Waals surface area (Å²) in [4.78, 5) is 14.2. The minimum absolute atomic E-state index is 0.0575. The lowest BCUT2D eigenvalue weighted by Crippen LogP contribution is -2.41. The number of rotatable bonds is 4. The molecule has 0 aliphatic carbocycles. The molecule has 1 fully saturated rings. The third kappa shape index (κ3) is 3.85. The van der Waals surface area contributed by atoms with Gasteiger partial charge in [-0.05, 0) is 48.5 Å². The first-order valence-corrected chi connectivity index (χ1v) is 8.01. The Labute approximate surface area is 140 Å². The minimum Gasteiger partial charge on any atom is -0.497 e. The Morgan fingerprint density at radius 3 is 2.17 bits per heavy atom. The van der Waals surface area contributed by atoms with Gasteiger partial charge < -0.3 is 14.4 Å². The zero-order valence-corrected chi connectivity index (χ0v) is 13.6. The van der Waals surface area contributed by atoms with Crippen molar-refractivity contribution in [3.63, 3.8) is 0 Å². The molecule has 1 heterocycles. The molecule has 1 aliphatic heterocycles. The number of hydrogen-bond acceptors (Lipinski definition) is 3. The van der Waals surface area contributed by atoms with Crippen molar-refractivity contribution >= 4 is 5.91 Å². The molecule has 1 aliphatic rings. The van der Waals surface area contributed by atoms with E-state index in [1.54, 1.807) is 12.0 Å². The minimum atomic E-state index is -0.335. The van der Waals surface area contributed by atoms with Gasteiger partial charge in [0, 0.05) is 31.5 Å². The van der Waals surface area contributed by atoms with Crippen LogP contribution in [-0.2, 0) is 0 Å². The highest BCUT2D eigenvalue weighted by atomic mass is 19.1. The second kappa shape index (κ2) is 7.34. The molecule has 0 saturated carbocycles. The van der Waals surface area contributed by atoms with Gasteiger partial charge >= 0.3 is 0 Å². The zero-order chi connectivity index (χ0) is 16.9. The zero-order valence-electron chi connectivity index (χ0n) is 13.6. The highest BCUT2D eigenvalue weighted by molar-refractivity contribution is 5.94. The first kappa shape index (κ1) is 16.3. The van der Waals surface area contributed by atoms with Gasteiger partial charge in [0.1, 0.15) is 23.4 Å². The smallest absolute Gasteiger partial charge is 0.253 e. The molecule has 24 heavy (non-hydrogen) atoms. The molecule has 1 saturated heterocycles. The fourth-order valence-electron chi connectivity index (χ4n) is 2.80. The summed E-state index contributed by atoms with van der Waals surface area (Å²) in [6, 6.07) is 13.2. The Morgan fingerprint density at radius 2 is 1.58 bits per heavy atom. The predicted octanol–water partition coefficient (Wildman–Crippen LogP) is 3.52. The molecule has 4 nitrogen and oxygen atoms in total. The van der Waals surface area contributed by atoms with Crippen molar-refractivity contribution in [2.75, 3.05) is 20.2 Å². The van der Waals surface area contributed by atoms with Crippen molar-refractivity contribution in [1.29, 1.82) is 0 Å². The molecule has 0 atom stereocenters. The lowest BCUT2D eigenvalue weighted by atomic mass is 10.1. The van der Waals surface area contributed by atoms with Crippen LogP contribution in [0.5, 0.6) is 11.5 Å². The number of carbonyl (C=O) groups is 1. The van der Waals surface area contributed by atoms with Gasteiger partial charge in [-0.15, -0.1) is 0 Å². The summed E-state index contributed by atoms with van der Waals surface area (Å²) in [6.07, 6.45) is 1.65. The largest absolute Gasteiger partial charge is 0.497 e. The lowest BCUT2D eigenvalue weighted by molar-refractivity contribution is 0.0595. The van der Waals surface area contributed by atoms with Crippen LogP contribution in [0.2, 0.25) is 0 Å². The van der Waals surface area contributed by atoms with Crippen molar-refractivity contribution in [3.8, 4) is 11.5 Å². The molecule has 0 radical (unpaired) electrons. The van der Waals surface area contributed by atoms with E-state index < -0.39 is 0 Å². The fraction of sp³-hybridized carbons (Fsp3) is 0.316. The van der Waals surface area contributed by atoms with Crippen LogP contribution in [0.1, 0.15) is 23.2 Å². The van der Waals surface area contributed by atoms with Gasteiger partial charge in [0.05, 0.1) is 7.11 Å². The van der Waals surface area contributed by atoms with Crippen LogP contribution in [0.4, 0.5) is 4.39 Å². The summed E-state index contributed by atoms with van der Waals surface area (Å²) < 4.78 is 24.0. The highest BCUT2D eigenvalue weighted by Gasteiger charge is 2.24. The quantitative estimate of drug-likeness (QED) is 0.861. The average molecular weight is 329 g/mol. The molecule has 0 unspecified atom stereocenters. The normalized spacial score (nSPS) is 15.2. The van der Waals surface area contributed by atoms with E-state index in [2.05, 4.69) is 0 Å². The SMILES string of the molecule is COc1ccc(OC2CCN(C(=O)c3ccc(F)cc3)CC2)cc1. The van der Waals surface area contributed by atoms with E-state index in [-0.39, 0.29) is 17.8 Å². The first-order valence-electron chi connectivity index (χ1n) is 8.01. The topological polar surface area (TPSA) is 38.8 Å². The van der Waals surface area contributed by atoms with E-state index in [1.807, 2.05) is 24.3 Å². The van der Waals surface area contributed by atoms with Crippen LogP contribution in [0.15, 0.2) is 48.5 Å². The highest BCUT2D eigenvalue weighted by Crippen LogP contribution is 2.22. The van der Waals surface area contributed by atoms with Crippen molar-refractivity contribution in [2.24, 2.45) is 0 Å². The number of ether oxygens (including phenoxy) is 2. The van der Waals surface area contributed by atoms with Crippen LogP contribution in [0.25, 0.3) is 0 Å². The Morgan fingerprint density at radius 1 is 1.00 bits per heavy atom. The summed E-state index contributed by atoms with van der Waals surface area (Å²) in [5.74, 6) is 1.21. The van der Waals surface area contributed by atoms with Crippen molar-refractivity contribution < 1.29 is 18.7 Å². The third-order valence-electron chi connectivity index (χ3n) is 4.18. The van der Waals surface area contributed by atoms with E-state index in [4.69, 9.17) is 9.47 Å². The van der Waals surface area contributed by atoms with Gasteiger partial charge in [-0.2, -0.15) is 0 Å². The average Bonchev–Trinajstić information content (AvgIpc) is 2.63. The Kier molecular flexibility index (Phi) is 4.99. The maximum absolute atomic E-state index is 12.9. The molecular weight excluding hydrogens is 309 g/mol. The summed E-state index contributed by atoms with van der Waals surface area (Å²) in [5.41, 5.74) is 0.519. The number of nitrogens with zero attached hydrogens (tertiary/aromatic N) is 1. The van der Waals surface area contributed by atoms with E-state index in [9.17, 15) is 9.18 Å². The Hall–Kier alpha value is -2.56. The van der Waals surface area contributed by atoms with E-state index >= 15 is 0 Å². The molecule has 126 valence electrons. The molecule has 0 bridgehead atoms. The number of benzene rings is 2. The molecule has 1 amide bonds. The van der Waals surface area contributed by atoms with Crippen LogP contribution >= 0.6 is 0 Å². The van der Waals surface area contributed by atoms with E-state index in [1.165, 1.54) is 24.3 Å². The van der Waals surface area contributed by atoms with Gasteiger partial charge in [-0.25, -0.2) is 4.39 Å². The number of carbonyl (C=O) groups excluding carboxylic acids is 1. The number of likely N-dealkylation sites (tertiary alicyclic amines) is 1. The lowest BCUT2D eigenvalue weighted by Gasteiger charge is -2.32. The van der Waals surface area contributed by atoms with Gasteiger partial charge in [-0.3, -0.25) is 4.79 Å². The van der Waals surface area contributed by atoms with E-state index in [0.29, 0.717) is 18.7 Å². The van der Waals surface area contributed by atoms with Crippen molar-refractivity contribution in [1.82, 2.24) is 4.90 Å². The van der Waals surface area contributed by atoms with Crippen LogP contribution < -0.4 is 9.47 Å². The second-order valence-corrected chi connectivity index (χ2v) is 5.79. The Balaban J connectivity index is 1.53. The van der Waals surface area contributed by atoms with Crippen molar-refractivity contribution in [2.45, 2.75) is 18.9 Å². The first-order chi connectivity index (χ1) is 11.7. The Bertz CT molecular complexity index is 677.